The van der Waals surface area contributed by atoms with Crippen LogP contribution in [-0.4, -0.2) is 73.0 Å². The van der Waals surface area contributed by atoms with Crippen molar-refractivity contribution < 1.29 is 22.7 Å². The lowest BCUT2D eigenvalue weighted by atomic mass is 9.52. The summed E-state index contributed by atoms with van der Waals surface area (Å²) >= 11 is 0. The summed E-state index contributed by atoms with van der Waals surface area (Å²) in [5, 5.41) is 14.1. The lowest BCUT2D eigenvalue weighted by molar-refractivity contribution is -0.136. The Labute approximate surface area is 222 Å². The number of aromatic nitrogens is 2. The summed E-state index contributed by atoms with van der Waals surface area (Å²) in [7, 11) is -3.63. The molecular formula is C27H34FN5O4S. The van der Waals surface area contributed by atoms with Crippen molar-refractivity contribution in [3.8, 4) is 0 Å². The van der Waals surface area contributed by atoms with Gasteiger partial charge in [-0.25, -0.2) is 22.8 Å². The van der Waals surface area contributed by atoms with Gasteiger partial charge in [0.25, 0.3) is 5.91 Å². The number of carbonyl (C=O) groups excluding carboxylic acids is 1. The van der Waals surface area contributed by atoms with Crippen LogP contribution in [0.15, 0.2) is 35.4 Å². The van der Waals surface area contributed by atoms with Crippen molar-refractivity contribution in [2.45, 2.75) is 61.6 Å². The summed E-state index contributed by atoms with van der Waals surface area (Å²) in [5.74, 6) is 0.733. The zero-order valence-electron chi connectivity index (χ0n) is 21.7. The molecule has 0 radical (unpaired) electrons. The molecule has 1 saturated heterocycles. The minimum absolute atomic E-state index is 0.0233. The molecule has 0 spiro atoms. The van der Waals surface area contributed by atoms with Crippen LogP contribution in [0.4, 0.5) is 16.0 Å². The molecule has 9 nitrogen and oxygen atoms in total. The predicted octanol–water partition coefficient (Wildman–Crippen LogP) is 2.40. The largest absolute Gasteiger partial charge is 0.390 e. The molecule has 1 aromatic carbocycles. The Morgan fingerprint density at radius 1 is 1.16 bits per heavy atom. The van der Waals surface area contributed by atoms with Gasteiger partial charge in [-0.05, 0) is 81.0 Å². The summed E-state index contributed by atoms with van der Waals surface area (Å²) in [6.07, 6.45) is 7.18. The number of hydrogen-bond donors (Lipinski definition) is 2. The topological polar surface area (TPSA) is 116 Å². The molecule has 2 N–H and O–H groups in total. The number of amides is 1. The van der Waals surface area contributed by atoms with E-state index in [2.05, 4.69) is 15.3 Å². The molecule has 1 aliphatic heterocycles. The van der Waals surface area contributed by atoms with Crippen LogP contribution >= 0.6 is 0 Å². The van der Waals surface area contributed by atoms with Gasteiger partial charge >= 0.3 is 0 Å². The minimum Gasteiger partial charge on any atom is -0.390 e. The van der Waals surface area contributed by atoms with E-state index in [4.69, 9.17) is 0 Å². The predicted molar refractivity (Wildman–Crippen MR) is 140 cm³/mol. The van der Waals surface area contributed by atoms with E-state index < -0.39 is 21.3 Å². The van der Waals surface area contributed by atoms with E-state index in [0.29, 0.717) is 54.7 Å². The fourth-order valence-corrected chi connectivity index (χ4v) is 8.26. The molecule has 1 aromatic heterocycles. The number of hydrogen-bond acceptors (Lipinski definition) is 8. The number of aliphatic hydroxyl groups is 1. The molecule has 4 bridgehead atoms. The normalized spacial score (nSPS) is 32.5. The fourth-order valence-electron chi connectivity index (χ4n) is 7.53. The highest BCUT2D eigenvalue weighted by Gasteiger charge is 2.55. The highest BCUT2D eigenvalue weighted by atomic mass is 32.2. The third-order valence-corrected chi connectivity index (χ3v) is 10.1. The molecule has 11 heteroatoms. The number of anilines is 2. The van der Waals surface area contributed by atoms with Crippen molar-refractivity contribution in [2.75, 3.05) is 35.7 Å². The smallest absolute Gasteiger partial charge is 0.270 e. The number of nitrogens with zero attached hydrogens (tertiary/aromatic N) is 4. The van der Waals surface area contributed by atoms with Crippen molar-refractivity contribution in [2.24, 2.45) is 17.8 Å². The monoisotopic (exact) mass is 543 g/mol. The van der Waals surface area contributed by atoms with Gasteiger partial charge < -0.3 is 20.2 Å². The zero-order chi connectivity index (χ0) is 26.8. The van der Waals surface area contributed by atoms with E-state index in [9.17, 15) is 22.7 Å². The Morgan fingerprint density at radius 2 is 1.89 bits per heavy atom. The Kier molecular flexibility index (Phi) is 6.14. The van der Waals surface area contributed by atoms with Gasteiger partial charge in [-0.15, -0.1) is 0 Å². The summed E-state index contributed by atoms with van der Waals surface area (Å²) in [6, 6.07) is 5.90. The number of sulfone groups is 1. The van der Waals surface area contributed by atoms with Gasteiger partial charge in [0.2, 0.25) is 5.95 Å². The Hall–Kier alpha value is -2.79. The standard InChI is InChI=1S/C27H34FN5O4S/c1-16-15-32(20-3-4-23(21(28)11-20)38(2,36)37)7-8-33(16)26-29-6-5-22(30-26)25(34)31-24-18-9-17-10-19(24)14-27(35,12-17)13-18/h3-6,11,16-19,24,35H,7-10,12-15H2,1-2H3,(H,31,34)/t16-,17?,18?,19?,24?,27?/m1/s1. The molecule has 204 valence electrons. The molecule has 38 heavy (non-hydrogen) atoms. The van der Waals surface area contributed by atoms with Crippen LogP contribution in [0, 0.1) is 23.6 Å². The second-order valence-electron chi connectivity index (χ2n) is 11.8. The summed E-state index contributed by atoms with van der Waals surface area (Å²) in [5.41, 5.74) is 0.408. The Morgan fingerprint density at radius 3 is 2.53 bits per heavy atom. The van der Waals surface area contributed by atoms with Crippen LogP contribution in [0.2, 0.25) is 0 Å². The molecule has 4 saturated carbocycles. The van der Waals surface area contributed by atoms with Crippen LogP contribution in [0.25, 0.3) is 0 Å². The molecule has 5 aliphatic rings. The van der Waals surface area contributed by atoms with Crippen molar-refractivity contribution in [1.82, 2.24) is 15.3 Å². The van der Waals surface area contributed by atoms with Crippen molar-refractivity contribution in [1.29, 1.82) is 0 Å². The number of carbonyl (C=O) groups is 1. The number of halogens is 1. The lowest BCUT2D eigenvalue weighted by Gasteiger charge is -2.58. The van der Waals surface area contributed by atoms with Crippen molar-refractivity contribution in [3.05, 3.63) is 42.0 Å². The Bertz CT molecular complexity index is 1350. The van der Waals surface area contributed by atoms with Gasteiger partial charge in [0.1, 0.15) is 16.4 Å². The van der Waals surface area contributed by atoms with E-state index in [0.717, 1.165) is 38.4 Å². The quantitative estimate of drug-likeness (QED) is 0.591. The molecule has 4 aliphatic carbocycles. The second-order valence-corrected chi connectivity index (χ2v) is 13.8. The van der Waals surface area contributed by atoms with Gasteiger partial charge in [0.15, 0.2) is 9.84 Å². The maximum Gasteiger partial charge on any atom is 0.270 e. The van der Waals surface area contributed by atoms with Gasteiger partial charge in [-0.2, -0.15) is 0 Å². The maximum absolute atomic E-state index is 14.5. The first kappa shape index (κ1) is 25.5. The first-order valence-corrected chi connectivity index (χ1v) is 15.3. The molecule has 7 rings (SSSR count). The van der Waals surface area contributed by atoms with Crippen LogP contribution in [0.3, 0.4) is 0 Å². The number of nitrogens with one attached hydrogen (secondary N) is 1. The van der Waals surface area contributed by atoms with Crippen LogP contribution < -0.4 is 15.1 Å². The molecule has 3 atom stereocenters. The summed E-state index contributed by atoms with van der Waals surface area (Å²) in [6.45, 7) is 3.71. The van der Waals surface area contributed by atoms with E-state index in [1.165, 1.54) is 12.1 Å². The van der Waals surface area contributed by atoms with Crippen molar-refractivity contribution in [3.63, 3.8) is 0 Å². The molecule has 2 aromatic rings. The average Bonchev–Trinajstić information content (AvgIpc) is 2.84. The number of rotatable bonds is 5. The second kappa shape index (κ2) is 9.15. The number of piperazine rings is 1. The molecule has 1 amide bonds. The highest BCUT2D eigenvalue weighted by Crippen LogP contribution is 2.55. The first-order valence-electron chi connectivity index (χ1n) is 13.4. The summed E-state index contributed by atoms with van der Waals surface area (Å²) in [4.78, 5) is 26.0. The van der Waals surface area contributed by atoms with Gasteiger partial charge in [-0.3, -0.25) is 4.79 Å². The van der Waals surface area contributed by atoms with Gasteiger partial charge in [-0.1, -0.05) is 0 Å². The van der Waals surface area contributed by atoms with E-state index >= 15 is 0 Å². The van der Waals surface area contributed by atoms with Crippen molar-refractivity contribution >= 4 is 27.4 Å². The highest BCUT2D eigenvalue weighted by molar-refractivity contribution is 7.90. The average molecular weight is 544 g/mol. The molecular weight excluding hydrogens is 509 g/mol. The SMILES string of the molecule is C[C@@H]1CN(c2ccc(S(C)(=O)=O)c(F)c2)CCN1c1nccc(C(=O)NC2C3CC4CC2CC(O)(C4)C3)n1. The molecule has 5 fully saturated rings. The minimum atomic E-state index is -3.63. The van der Waals surface area contributed by atoms with E-state index in [1.807, 2.05) is 16.7 Å². The van der Waals surface area contributed by atoms with Crippen LogP contribution in [0.5, 0.6) is 0 Å². The maximum atomic E-state index is 14.5. The Balaban J connectivity index is 1.12. The fraction of sp³-hybridized carbons (Fsp3) is 0.593. The zero-order valence-corrected chi connectivity index (χ0v) is 22.5. The van der Waals surface area contributed by atoms with Crippen LogP contribution in [0.1, 0.15) is 49.5 Å². The molecule has 2 heterocycles. The molecule has 2 unspecified atom stereocenters. The number of benzene rings is 1. The van der Waals surface area contributed by atoms with Gasteiger partial charge in [0, 0.05) is 49.9 Å². The first-order chi connectivity index (χ1) is 18.0. The lowest BCUT2D eigenvalue weighted by Crippen LogP contribution is -2.61. The van der Waals surface area contributed by atoms with E-state index in [-0.39, 0.29) is 22.9 Å². The third kappa shape index (κ3) is 4.64. The van der Waals surface area contributed by atoms with Gasteiger partial charge in [0.05, 0.1) is 5.60 Å². The van der Waals surface area contributed by atoms with Crippen LogP contribution in [-0.2, 0) is 9.84 Å². The van der Waals surface area contributed by atoms with E-state index in [1.54, 1.807) is 18.3 Å². The third-order valence-electron chi connectivity index (χ3n) is 8.98. The summed E-state index contributed by atoms with van der Waals surface area (Å²) < 4.78 is 37.9.